The molecule has 0 saturated carbocycles. The number of para-hydroxylation sites is 1. The van der Waals surface area contributed by atoms with Crippen molar-refractivity contribution in [1.29, 1.82) is 0 Å². The second-order valence-electron chi connectivity index (χ2n) is 6.67. The van der Waals surface area contributed by atoms with Gasteiger partial charge in [-0.25, -0.2) is 9.78 Å². The van der Waals surface area contributed by atoms with E-state index in [9.17, 15) is 14.4 Å². The molecule has 8 nitrogen and oxygen atoms in total. The van der Waals surface area contributed by atoms with Crippen molar-refractivity contribution < 1.29 is 14.3 Å². The molecule has 2 amide bonds. The first-order chi connectivity index (χ1) is 12.0. The Morgan fingerprint density at radius 2 is 2.08 bits per heavy atom. The summed E-state index contributed by atoms with van der Waals surface area (Å²) in [5, 5.41) is 0.488. The van der Waals surface area contributed by atoms with Crippen LogP contribution >= 0.6 is 0 Å². The van der Waals surface area contributed by atoms with Gasteiger partial charge in [-0.1, -0.05) is 12.1 Å². The Morgan fingerprint density at radius 3 is 2.84 bits per heavy atom. The summed E-state index contributed by atoms with van der Waals surface area (Å²) in [6.45, 7) is 1.27. The average molecular weight is 342 g/mol. The first kappa shape index (κ1) is 15.6. The molecule has 0 radical (unpaired) electrons. The van der Waals surface area contributed by atoms with Gasteiger partial charge in [-0.3, -0.25) is 14.2 Å². The molecule has 2 aliphatic rings. The van der Waals surface area contributed by atoms with Crippen molar-refractivity contribution in [2.45, 2.75) is 18.6 Å². The van der Waals surface area contributed by atoms with Gasteiger partial charge in [-0.05, 0) is 12.1 Å². The molecule has 8 heteroatoms. The number of aromatic nitrogens is 2. The van der Waals surface area contributed by atoms with E-state index < -0.39 is 5.60 Å². The fraction of sp³-hybridized carbons (Fsp3) is 0.412. The van der Waals surface area contributed by atoms with Crippen LogP contribution in [-0.2, 0) is 16.1 Å². The quantitative estimate of drug-likeness (QED) is 0.791. The Bertz CT molecular complexity index is 924. The Hall–Kier alpha value is -2.90. The third-order valence-corrected chi connectivity index (χ3v) is 4.85. The Morgan fingerprint density at radius 1 is 1.28 bits per heavy atom. The number of likely N-dealkylation sites (tertiary alicyclic amines) is 1. The lowest BCUT2D eigenvalue weighted by molar-refractivity contribution is -0.131. The number of nitrogens with zero attached hydrogens (tertiary/aromatic N) is 4. The Labute approximate surface area is 143 Å². The fourth-order valence-corrected chi connectivity index (χ4v) is 3.53. The number of fused-ring (bicyclic) bond motifs is 1. The van der Waals surface area contributed by atoms with Crippen LogP contribution < -0.4 is 5.56 Å². The van der Waals surface area contributed by atoms with E-state index in [1.165, 1.54) is 15.8 Å². The molecule has 25 heavy (non-hydrogen) atoms. The van der Waals surface area contributed by atoms with Gasteiger partial charge >= 0.3 is 6.09 Å². The number of benzene rings is 1. The third-order valence-electron chi connectivity index (χ3n) is 4.85. The van der Waals surface area contributed by atoms with Crippen molar-refractivity contribution in [2.24, 2.45) is 0 Å². The van der Waals surface area contributed by atoms with Gasteiger partial charge < -0.3 is 14.5 Å². The predicted molar refractivity (Wildman–Crippen MR) is 89.0 cm³/mol. The highest BCUT2D eigenvalue weighted by molar-refractivity contribution is 5.79. The summed E-state index contributed by atoms with van der Waals surface area (Å²) in [7, 11) is 1.68. The van der Waals surface area contributed by atoms with Gasteiger partial charge in [0.15, 0.2) is 5.60 Å². The molecule has 1 atom stereocenters. The molecule has 4 rings (SSSR count). The Kier molecular flexibility index (Phi) is 3.48. The molecular formula is C17H18N4O4. The second kappa shape index (κ2) is 5.58. The summed E-state index contributed by atoms with van der Waals surface area (Å²) in [6.07, 6.45) is 1.65. The summed E-state index contributed by atoms with van der Waals surface area (Å²) in [6, 6.07) is 7.04. The third kappa shape index (κ3) is 2.63. The first-order valence-electron chi connectivity index (χ1n) is 8.14. The van der Waals surface area contributed by atoms with E-state index in [1.807, 2.05) is 6.07 Å². The van der Waals surface area contributed by atoms with E-state index in [0.717, 1.165) is 0 Å². The molecule has 1 spiro atoms. The number of likely N-dealkylation sites (N-methyl/N-ethyl adjacent to an activating group) is 1. The number of amides is 2. The topological polar surface area (TPSA) is 84.7 Å². The van der Waals surface area contributed by atoms with Gasteiger partial charge in [0.05, 0.1) is 30.3 Å². The maximum absolute atomic E-state index is 12.6. The van der Waals surface area contributed by atoms with Crippen molar-refractivity contribution in [3.8, 4) is 0 Å². The molecule has 1 aromatic heterocycles. The van der Waals surface area contributed by atoms with Crippen LogP contribution in [0.3, 0.4) is 0 Å². The normalized spacial score (nSPS) is 22.8. The standard InChI is InChI=1S/C17H18N4O4/c1-19-9-17(25-16(19)24)6-7-20(10-17)14(22)8-21-11-18-13-5-3-2-4-12(13)15(21)23/h2-5,11H,6-10H2,1H3/t17-/m1/s1. The monoisotopic (exact) mass is 342 g/mol. The number of carbonyl (C=O) groups is 2. The summed E-state index contributed by atoms with van der Waals surface area (Å²) in [4.78, 5) is 44.1. The zero-order valence-electron chi connectivity index (χ0n) is 13.8. The number of ether oxygens (including phenoxy) is 1. The molecule has 130 valence electrons. The summed E-state index contributed by atoms with van der Waals surface area (Å²) < 4.78 is 6.77. The smallest absolute Gasteiger partial charge is 0.410 e. The predicted octanol–water partition coefficient (Wildman–Crippen LogP) is 0.450. The van der Waals surface area contributed by atoms with Crippen molar-refractivity contribution >= 4 is 22.9 Å². The molecule has 0 N–H and O–H groups in total. The zero-order valence-corrected chi connectivity index (χ0v) is 13.8. The van der Waals surface area contributed by atoms with Crippen molar-refractivity contribution in [3.63, 3.8) is 0 Å². The second-order valence-corrected chi connectivity index (χ2v) is 6.67. The highest BCUT2D eigenvalue weighted by atomic mass is 16.6. The maximum Gasteiger partial charge on any atom is 0.410 e. The summed E-state index contributed by atoms with van der Waals surface area (Å²) >= 11 is 0. The van der Waals surface area contributed by atoms with Gasteiger partial charge in [-0.2, -0.15) is 0 Å². The van der Waals surface area contributed by atoms with Gasteiger partial charge in [0, 0.05) is 20.0 Å². The number of hydrogen-bond donors (Lipinski definition) is 0. The van der Waals surface area contributed by atoms with Crippen LogP contribution in [0, 0.1) is 0 Å². The highest BCUT2D eigenvalue weighted by Crippen LogP contribution is 2.31. The molecule has 1 aromatic carbocycles. The SMILES string of the molecule is CN1C[C@@]2(CCN(C(=O)Cn3cnc4ccccc4c3=O)C2)OC1=O. The molecule has 2 aromatic rings. The minimum absolute atomic E-state index is 0.0729. The minimum atomic E-state index is -0.617. The molecule has 2 fully saturated rings. The van der Waals surface area contributed by atoms with Crippen LogP contribution in [0.1, 0.15) is 6.42 Å². The van der Waals surface area contributed by atoms with Crippen LogP contribution in [0.25, 0.3) is 10.9 Å². The van der Waals surface area contributed by atoms with Crippen LogP contribution in [0.5, 0.6) is 0 Å². The lowest BCUT2D eigenvalue weighted by Gasteiger charge is -2.22. The van der Waals surface area contributed by atoms with E-state index in [2.05, 4.69) is 4.98 Å². The largest absolute Gasteiger partial charge is 0.439 e. The van der Waals surface area contributed by atoms with E-state index in [1.54, 1.807) is 30.1 Å². The summed E-state index contributed by atoms with van der Waals surface area (Å²) in [5.41, 5.74) is -0.245. The average Bonchev–Trinajstić information content (AvgIpc) is 3.13. The minimum Gasteiger partial charge on any atom is -0.439 e. The number of carbonyl (C=O) groups excluding carboxylic acids is 2. The van der Waals surface area contributed by atoms with Gasteiger partial charge in [0.2, 0.25) is 5.91 Å². The van der Waals surface area contributed by atoms with Gasteiger partial charge in [-0.15, -0.1) is 0 Å². The molecule has 3 heterocycles. The molecular weight excluding hydrogens is 324 g/mol. The van der Waals surface area contributed by atoms with Crippen LogP contribution in [-0.4, -0.2) is 63.6 Å². The number of rotatable bonds is 2. The number of hydrogen-bond acceptors (Lipinski definition) is 5. The fourth-order valence-electron chi connectivity index (χ4n) is 3.53. The van der Waals surface area contributed by atoms with E-state index >= 15 is 0 Å². The lowest BCUT2D eigenvalue weighted by atomic mass is 10.0. The Balaban J connectivity index is 1.51. The van der Waals surface area contributed by atoms with E-state index in [0.29, 0.717) is 37.0 Å². The van der Waals surface area contributed by atoms with Crippen LogP contribution in [0.2, 0.25) is 0 Å². The van der Waals surface area contributed by atoms with Gasteiger partial charge in [0.25, 0.3) is 5.56 Å². The molecule has 0 bridgehead atoms. The highest BCUT2D eigenvalue weighted by Gasteiger charge is 2.49. The van der Waals surface area contributed by atoms with Crippen LogP contribution in [0.15, 0.2) is 35.4 Å². The molecule has 2 aliphatic heterocycles. The maximum atomic E-state index is 12.6. The van der Waals surface area contributed by atoms with Gasteiger partial charge in [0.1, 0.15) is 6.54 Å². The van der Waals surface area contributed by atoms with Crippen molar-refractivity contribution in [2.75, 3.05) is 26.7 Å². The molecule has 2 saturated heterocycles. The lowest BCUT2D eigenvalue weighted by Crippen LogP contribution is -2.41. The van der Waals surface area contributed by atoms with Crippen molar-refractivity contribution in [1.82, 2.24) is 19.4 Å². The van der Waals surface area contributed by atoms with Crippen molar-refractivity contribution in [3.05, 3.63) is 40.9 Å². The zero-order chi connectivity index (χ0) is 17.6. The van der Waals surface area contributed by atoms with E-state index in [4.69, 9.17) is 4.74 Å². The van der Waals surface area contributed by atoms with E-state index in [-0.39, 0.29) is 24.1 Å². The van der Waals surface area contributed by atoms with Crippen LogP contribution in [0.4, 0.5) is 4.79 Å². The molecule has 0 unspecified atom stereocenters. The first-order valence-corrected chi connectivity index (χ1v) is 8.14. The summed E-state index contributed by atoms with van der Waals surface area (Å²) in [5.74, 6) is -0.179. The molecule has 0 aliphatic carbocycles.